The number of nitrogens with two attached hydrogens (primary N) is 1. The van der Waals surface area contributed by atoms with Crippen molar-refractivity contribution in [2.75, 3.05) is 7.11 Å². The van der Waals surface area contributed by atoms with Crippen LogP contribution < -0.4 is 10.5 Å². The fraction of sp³-hybridized carbons (Fsp3) is 0.250. The molecule has 1 amide bonds. The molecular formula is C20H19NO2. The third-order valence-corrected chi connectivity index (χ3v) is 4.90. The summed E-state index contributed by atoms with van der Waals surface area (Å²) in [6.45, 7) is 2.14. The number of methoxy groups -OCH3 is 1. The van der Waals surface area contributed by atoms with Gasteiger partial charge in [-0.05, 0) is 54.5 Å². The minimum atomic E-state index is -0.372. The maximum absolute atomic E-state index is 12.1. The highest BCUT2D eigenvalue weighted by Crippen LogP contribution is 2.45. The number of hydrogen-bond donors (Lipinski definition) is 1. The van der Waals surface area contributed by atoms with Gasteiger partial charge in [-0.25, -0.2) is 0 Å². The third kappa shape index (κ3) is 2.00. The first-order valence-corrected chi connectivity index (χ1v) is 7.92. The maximum Gasteiger partial charge on any atom is 0.249 e. The lowest BCUT2D eigenvalue weighted by atomic mass is 9.89. The first-order chi connectivity index (χ1) is 11.1. The Morgan fingerprint density at radius 1 is 1.22 bits per heavy atom. The van der Waals surface area contributed by atoms with Crippen LogP contribution in [-0.2, 0) is 19.3 Å². The molecule has 0 heterocycles. The van der Waals surface area contributed by atoms with E-state index in [9.17, 15) is 4.79 Å². The Morgan fingerprint density at radius 3 is 2.78 bits per heavy atom. The minimum Gasteiger partial charge on any atom is -0.496 e. The first-order valence-electron chi connectivity index (χ1n) is 7.92. The average molecular weight is 305 g/mol. The molecule has 2 aliphatic rings. The number of allylic oxidation sites excluding steroid dienone is 1. The molecule has 0 aliphatic heterocycles. The van der Waals surface area contributed by atoms with Crippen molar-refractivity contribution in [1.82, 2.24) is 0 Å². The van der Waals surface area contributed by atoms with Gasteiger partial charge in [-0.3, -0.25) is 4.79 Å². The fourth-order valence-electron chi connectivity index (χ4n) is 3.98. The van der Waals surface area contributed by atoms with Gasteiger partial charge in [0.2, 0.25) is 5.91 Å². The highest BCUT2D eigenvalue weighted by atomic mass is 16.5. The van der Waals surface area contributed by atoms with Crippen LogP contribution in [0.2, 0.25) is 0 Å². The van der Waals surface area contributed by atoms with E-state index < -0.39 is 0 Å². The maximum atomic E-state index is 12.1. The van der Waals surface area contributed by atoms with E-state index >= 15 is 0 Å². The monoisotopic (exact) mass is 305 g/mol. The normalized spacial score (nSPS) is 14.6. The predicted octanol–water partition coefficient (Wildman–Crippen LogP) is 3.52. The van der Waals surface area contributed by atoms with E-state index in [0.717, 1.165) is 47.3 Å². The topological polar surface area (TPSA) is 52.3 Å². The van der Waals surface area contributed by atoms with E-state index in [4.69, 9.17) is 10.5 Å². The zero-order chi connectivity index (χ0) is 16.1. The summed E-state index contributed by atoms with van der Waals surface area (Å²) in [5.41, 5.74) is 14.4. The lowest BCUT2D eigenvalue weighted by Crippen LogP contribution is -2.14. The lowest BCUT2D eigenvalue weighted by Gasteiger charge is -2.16. The van der Waals surface area contributed by atoms with Crippen LogP contribution in [0.15, 0.2) is 29.8 Å². The molecule has 4 rings (SSSR count). The van der Waals surface area contributed by atoms with Crippen molar-refractivity contribution in [2.24, 2.45) is 5.73 Å². The van der Waals surface area contributed by atoms with Gasteiger partial charge in [0.1, 0.15) is 5.75 Å². The van der Waals surface area contributed by atoms with Gasteiger partial charge in [0.15, 0.2) is 0 Å². The molecule has 2 aromatic rings. The molecule has 0 aromatic heterocycles. The van der Waals surface area contributed by atoms with Gasteiger partial charge >= 0.3 is 0 Å². The Kier molecular flexibility index (Phi) is 3.05. The van der Waals surface area contributed by atoms with E-state index in [1.165, 1.54) is 16.7 Å². The number of hydrogen-bond acceptors (Lipinski definition) is 2. The summed E-state index contributed by atoms with van der Waals surface area (Å²) in [6.07, 6.45) is 4.99. The largest absolute Gasteiger partial charge is 0.496 e. The van der Waals surface area contributed by atoms with Crippen molar-refractivity contribution >= 4 is 12.0 Å². The second-order valence-corrected chi connectivity index (χ2v) is 6.38. The minimum absolute atomic E-state index is 0.372. The summed E-state index contributed by atoms with van der Waals surface area (Å²) in [5.74, 6) is 0.546. The number of benzene rings is 2. The molecule has 0 saturated heterocycles. The Hall–Kier alpha value is -2.55. The number of amides is 1. The van der Waals surface area contributed by atoms with Crippen LogP contribution in [-0.4, -0.2) is 13.0 Å². The van der Waals surface area contributed by atoms with Crippen molar-refractivity contribution in [2.45, 2.75) is 26.2 Å². The molecule has 0 spiro atoms. The van der Waals surface area contributed by atoms with E-state index in [2.05, 4.69) is 31.2 Å². The molecule has 0 fully saturated rings. The van der Waals surface area contributed by atoms with Gasteiger partial charge in [0.25, 0.3) is 0 Å². The molecule has 2 bridgehead atoms. The second-order valence-electron chi connectivity index (χ2n) is 6.38. The van der Waals surface area contributed by atoms with Crippen molar-refractivity contribution in [3.63, 3.8) is 0 Å². The first kappa shape index (κ1) is 14.1. The zero-order valence-electron chi connectivity index (χ0n) is 13.4. The number of primary amides is 1. The lowest BCUT2D eigenvalue weighted by molar-refractivity contribution is 0.100. The number of carbonyl (C=O) groups is 1. The molecule has 116 valence electrons. The molecule has 0 unspecified atom stereocenters. The molecule has 2 aliphatic carbocycles. The number of fused-ring (bicyclic) bond motifs is 3. The summed E-state index contributed by atoms with van der Waals surface area (Å²) >= 11 is 0. The van der Waals surface area contributed by atoms with Gasteiger partial charge in [-0.2, -0.15) is 0 Å². The molecule has 0 atom stereocenters. The number of ether oxygens (including phenoxy) is 1. The van der Waals surface area contributed by atoms with Crippen molar-refractivity contribution < 1.29 is 9.53 Å². The van der Waals surface area contributed by atoms with Crippen molar-refractivity contribution in [3.8, 4) is 16.9 Å². The molecule has 0 saturated carbocycles. The van der Waals surface area contributed by atoms with Crippen LogP contribution in [0.1, 0.15) is 39.5 Å². The quantitative estimate of drug-likeness (QED) is 0.943. The fourth-order valence-corrected chi connectivity index (χ4v) is 3.98. The smallest absolute Gasteiger partial charge is 0.249 e. The highest BCUT2D eigenvalue weighted by molar-refractivity contribution is 6.03. The Bertz CT molecular complexity index is 878. The standard InChI is InChI=1S/C20H19NO2/c1-11-8-12-4-3-5-14(16(12)9-11)18-15-7-6-13(19(15)23-2)10-17(18)20(21)22/h3-5,9-10H,6-8H2,1-2H3,(H2,21,22). The molecule has 2 N–H and O–H groups in total. The van der Waals surface area contributed by atoms with Crippen LogP contribution in [0.25, 0.3) is 17.2 Å². The third-order valence-electron chi connectivity index (χ3n) is 4.90. The molecule has 3 heteroatoms. The highest BCUT2D eigenvalue weighted by Gasteiger charge is 2.28. The summed E-state index contributed by atoms with van der Waals surface area (Å²) in [4.78, 5) is 12.1. The van der Waals surface area contributed by atoms with Gasteiger partial charge < -0.3 is 10.5 Å². The number of carbonyl (C=O) groups excluding carboxylic acids is 1. The molecule has 2 aromatic carbocycles. The SMILES string of the molecule is COc1c2cc(C(N)=O)c(-c3cccc4c3C=C(C)C4)c1CC2. The van der Waals surface area contributed by atoms with Gasteiger partial charge in [-0.15, -0.1) is 0 Å². The van der Waals surface area contributed by atoms with E-state index in [1.54, 1.807) is 7.11 Å². The Labute approximate surface area is 135 Å². The zero-order valence-corrected chi connectivity index (χ0v) is 13.4. The molecule has 23 heavy (non-hydrogen) atoms. The summed E-state index contributed by atoms with van der Waals surface area (Å²) < 4.78 is 5.61. The molecular weight excluding hydrogens is 286 g/mol. The number of rotatable bonds is 3. The summed E-state index contributed by atoms with van der Waals surface area (Å²) in [7, 11) is 1.70. The summed E-state index contributed by atoms with van der Waals surface area (Å²) in [6, 6.07) is 8.22. The van der Waals surface area contributed by atoms with Gasteiger partial charge in [0, 0.05) is 16.7 Å². The van der Waals surface area contributed by atoms with Gasteiger partial charge in [-0.1, -0.05) is 29.8 Å². The molecule has 3 nitrogen and oxygen atoms in total. The summed E-state index contributed by atoms with van der Waals surface area (Å²) in [5, 5.41) is 0. The van der Waals surface area contributed by atoms with Crippen LogP contribution in [0, 0.1) is 0 Å². The van der Waals surface area contributed by atoms with Crippen molar-refractivity contribution in [3.05, 3.63) is 57.7 Å². The Balaban J connectivity index is 2.06. The number of aryl methyl sites for hydroxylation is 1. The van der Waals surface area contributed by atoms with Crippen LogP contribution >= 0.6 is 0 Å². The predicted molar refractivity (Wildman–Crippen MR) is 91.7 cm³/mol. The van der Waals surface area contributed by atoms with E-state index in [0.29, 0.717) is 5.56 Å². The van der Waals surface area contributed by atoms with E-state index in [1.807, 2.05) is 6.07 Å². The Morgan fingerprint density at radius 2 is 2.04 bits per heavy atom. The van der Waals surface area contributed by atoms with Crippen LogP contribution in [0.5, 0.6) is 5.75 Å². The second kappa shape index (κ2) is 4.98. The van der Waals surface area contributed by atoms with Crippen molar-refractivity contribution in [1.29, 1.82) is 0 Å². The van der Waals surface area contributed by atoms with E-state index in [-0.39, 0.29) is 5.91 Å². The van der Waals surface area contributed by atoms with Gasteiger partial charge in [0.05, 0.1) is 7.11 Å². The molecule has 0 radical (unpaired) electrons. The average Bonchev–Trinajstić information content (AvgIpc) is 3.04. The van der Waals surface area contributed by atoms with Crippen LogP contribution in [0.3, 0.4) is 0 Å². The van der Waals surface area contributed by atoms with Crippen LogP contribution in [0.4, 0.5) is 0 Å².